The fourth-order valence-corrected chi connectivity index (χ4v) is 1.09. The lowest BCUT2D eigenvalue weighted by molar-refractivity contribution is 0.299. The van der Waals surface area contributed by atoms with Crippen molar-refractivity contribution in [3.8, 4) is 5.75 Å². The lowest BCUT2D eigenvalue weighted by atomic mass is 10.1. The number of benzene rings is 1. The average molecular weight is 183 g/mol. The zero-order chi connectivity index (χ0) is 9.84. The highest BCUT2D eigenvalue weighted by Crippen LogP contribution is 2.22. The summed E-state index contributed by atoms with van der Waals surface area (Å²) in [5, 5.41) is 0. The molecule has 1 rings (SSSR count). The van der Waals surface area contributed by atoms with E-state index in [4.69, 9.17) is 10.5 Å². The minimum atomic E-state index is -1.11. The second-order valence-electron chi connectivity index (χ2n) is 3.03. The van der Waals surface area contributed by atoms with Gasteiger partial charge in [-0.2, -0.15) is 0 Å². The number of hydrogen-bond donors (Lipinski definition) is 1. The van der Waals surface area contributed by atoms with Crippen LogP contribution in [0.25, 0.3) is 0 Å². The monoisotopic (exact) mass is 183 g/mol. The van der Waals surface area contributed by atoms with Crippen LogP contribution in [0.5, 0.6) is 5.75 Å². The van der Waals surface area contributed by atoms with Gasteiger partial charge >= 0.3 is 0 Å². The first-order valence-corrected chi connectivity index (χ1v) is 4.18. The third-order valence-corrected chi connectivity index (χ3v) is 1.90. The van der Waals surface area contributed by atoms with Gasteiger partial charge in [-0.15, -0.1) is 0 Å². The predicted octanol–water partition coefficient (Wildman–Crippen LogP) is 2.05. The first kappa shape index (κ1) is 9.99. The summed E-state index contributed by atoms with van der Waals surface area (Å²) in [4.78, 5) is 0. The summed E-state index contributed by atoms with van der Waals surface area (Å²) in [6.45, 7) is 1.65. The van der Waals surface area contributed by atoms with E-state index in [2.05, 4.69) is 0 Å². The van der Waals surface area contributed by atoms with E-state index in [-0.39, 0.29) is 0 Å². The molecule has 0 saturated carbocycles. The lowest BCUT2D eigenvalue weighted by Gasteiger charge is -2.12. The highest BCUT2D eigenvalue weighted by molar-refractivity contribution is 5.28. The van der Waals surface area contributed by atoms with Crippen molar-refractivity contribution in [2.75, 3.05) is 7.11 Å². The van der Waals surface area contributed by atoms with Gasteiger partial charge < -0.3 is 10.5 Å². The lowest BCUT2D eigenvalue weighted by Crippen LogP contribution is -2.21. The zero-order valence-corrected chi connectivity index (χ0v) is 7.83. The summed E-state index contributed by atoms with van der Waals surface area (Å²) in [6, 6.07) is 6.35. The first-order chi connectivity index (χ1) is 6.15. The van der Waals surface area contributed by atoms with Crippen LogP contribution in [0.2, 0.25) is 0 Å². The van der Waals surface area contributed by atoms with Crippen molar-refractivity contribution in [1.29, 1.82) is 0 Å². The van der Waals surface area contributed by atoms with E-state index in [0.717, 1.165) is 5.75 Å². The normalized spacial score (nSPS) is 15.1. The Hall–Kier alpha value is -1.09. The zero-order valence-electron chi connectivity index (χ0n) is 7.83. The second-order valence-corrected chi connectivity index (χ2v) is 3.03. The van der Waals surface area contributed by atoms with Crippen molar-refractivity contribution in [3.05, 3.63) is 29.8 Å². The van der Waals surface area contributed by atoms with Crippen LogP contribution in [-0.4, -0.2) is 13.2 Å². The SMILES string of the molecule is COc1ccc(C(F)C(C)N)cc1. The van der Waals surface area contributed by atoms with Gasteiger partial charge in [-0.05, 0) is 24.6 Å². The second kappa shape index (κ2) is 4.23. The maximum Gasteiger partial charge on any atom is 0.140 e. The molecular weight excluding hydrogens is 169 g/mol. The van der Waals surface area contributed by atoms with Crippen LogP contribution < -0.4 is 10.5 Å². The maximum absolute atomic E-state index is 13.3. The van der Waals surface area contributed by atoms with Gasteiger partial charge in [-0.1, -0.05) is 12.1 Å². The Bertz CT molecular complexity index is 258. The Labute approximate surface area is 77.5 Å². The molecule has 2 atom stereocenters. The van der Waals surface area contributed by atoms with Crippen molar-refractivity contribution in [2.24, 2.45) is 5.73 Å². The maximum atomic E-state index is 13.3. The van der Waals surface area contributed by atoms with Crippen molar-refractivity contribution in [3.63, 3.8) is 0 Å². The van der Waals surface area contributed by atoms with Gasteiger partial charge in [-0.25, -0.2) is 4.39 Å². The van der Waals surface area contributed by atoms with Crippen LogP contribution in [0.4, 0.5) is 4.39 Å². The van der Waals surface area contributed by atoms with E-state index in [9.17, 15) is 4.39 Å². The van der Waals surface area contributed by atoms with Crippen LogP contribution in [-0.2, 0) is 0 Å². The summed E-state index contributed by atoms with van der Waals surface area (Å²) in [7, 11) is 1.58. The molecule has 0 heterocycles. The molecular formula is C10H14FNO. The Balaban J connectivity index is 2.79. The molecule has 2 nitrogen and oxygen atoms in total. The van der Waals surface area contributed by atoms with Crippen molar-refractivity contribution >= 4 is 0 Å². The Morgan fingerprint density at radius 3 is 2.23 bits per heavy atom. The molecule has 0 spiro atoms. The van der Waals surface area contributed by atoms with Gasteiger partial charge in [0, 0.05) is 6.04 Å². The van der Waals surface area contributed by atoms with Crippen LogP contribution in [0, 0.1) is 0 Å². The Kier molecular flexibility index (Phi) is 3.25. The molecule has 13 heavy (non-hydrogen) atoms. The Morgan fingerprint density at radius 1 is 1.31 bits per heavy atom. The smallest absolute Gasteiger partial charge is 0.140 e. The van der Waals surface area contributed by atoms with Crippen LogP contribution in [0.1, 0.15) is 18.7 Å². The molecule has 3 heteroatoms. The van der Waals surface area contributed by atoms with Crippen LogP contribution in [0.3, 0.4) is 0 Å². The summed E-state index contributed by atoms with van der Waals surface area (Å²) in [5.74, 6) is 0.723. The molecule has 1 aromatic rings. The van der Waals surface area contributed by atoms with E-state index in [0.29, 0.717) is 5.56 Å². The van der Waals surface area contributed by atoms with E-state index >= 15 is 0 Å². The molecule has 0 amide bonds. The summed E-state index contributed by atoms with van der Waals surface area (Å²) >= 11 is 0. The van der Waals surface area contributed by atoms with Crippen molar-refractivity contribution in [1.82, 2.24) is 0 Å². The fourth-order valence-electron chi connectivity index (χ4n) is 1.09. The molecule has 0 bridgehead atoms. The standard InChI is InChI=1S/C10H14FNO/c1-7(12)10(11)8-3-5-9(13-2)6-4-8/h3-7,10H,12H2,1-2H3. The summed E-state index contributed by atoms with van der Waals surface area (Å²) in [5.41, 5.74) is 6.03. The minimum Gasteiger partial charge on any atom is -0.497 e. The number of halogens is 1. The molecule has 2 N–H and O–H groups in total. The van der Waals surface area contributed by atoms with Gasteiger partial charge in [0.15, 0.2) is 0 Å². The number of alkyl halides is 1. The molecule has 2 unspecified atom stereocenters. The molecule has 0 fully saturated rings. The average Bonchev–Trinajstić information content (AvgIpc) is 2.17. The van der Waals surface area contributed by atoms with Crippen LogP contribution >= 0.6 is 0 Å². The third kappa shape index (κ3) is 2.42. The quantitative estimate of drug-likeness (QED) is 0.778. The largest absolute Gasteiger partial charge is 0.497 e. The number of rotatable bonds is 3. The van der Waals surface area contributed by atoms with Gasteiger partial charge in [-0.3, -0.25) is 0 Å². The molecule has 0 aliphatic heterocycles. The first-order valence-electron chi connectivity index (χ1n) is 4.18. The molecule has 1 aromatic carbocycles. The van der Waals surface area contributed by atoms with E-state index in [1.807, 2.05) is 0 Å². The predicted molar refractivity (Wildman–Crippen MR) is 50.5 cm³/mol. The number of nitrogens with two attached hydrogens (primary N) is 1. The molecule has 0 aliphatic rings. The third-order valence-electron chi connectivity index (χ3n) is 1.90. The van der Waals surface area contributed by atoms with Crippen molar-refractivity contribution in [2.45, 2.75) is 19.1 Å². The number of ether oxygens (including phenoxy) is 1. The molecule has 0 saturated heterocycles. The van der Waals surface area contributed by atoms with Crippen molar-refractivity contribution < 1.29 is 9.13 Å². The van der Waals surface area contributed by atoms with E-state index < -0.39 is 12.2 Å². The van der Waals surface area contributed by atoms with Crippen LogP contribution in [0.15, 0.2) is 24.3 Å². The molecule has 0 aromatic heterocycles. The van der Waals surface area contributed by atoms with E-state index in [1.54, 1.807) is 38.3 Å². The highest BCUT2D eigenvalue weighted by Gasteiger charge is 2.13. The summed E-state index contributed by atoms with van der Waals surface area (Å²) < 4.78 is 18.3. The van der Waals surface area contributed by atoms with Gasteiger partial charge in [0.2, 0.25) is 0 Å². The fraction of sp³-hybridized carbons (Fsp3) is 0.400. The highest BCUT2D eigenvalue weighted by atomic mass is 19.1. The summed E-state index contributed by atoms with van der Waals surface area (Å²) in [6.07, 6.45) is -1.11. The number of methoxy groups -OCH3 is 1. The van der Waals surface area contributed by atoms with E-state index in [1.165, 1.54) is 0 Å². The van der Waals surface area contributed by atoms with Gasteiger partial charge in [0.1, 0.15) is 11.9 Å². The molecule has 0 radical (unpaired) electrons. The molecule has 0 aliphatic carbocycles. The molecule has 72 valence electrons. The van der Waals surface area contributed by atoms with Gasteiger partial charge in [0.05, 0.1) is 7.11 Å². The number of hydrogen-bond acceptors (Lipinski definition) is 2. The van der Waals surface area contributed by atoms with Gasteiger partial charge in [0.25, 0.3) is 0 Å². The topological polar surface area (TPSA) is 35.2 Å². The minimum absolute atomic E-state index is 0.478. The Morgan fingerprint density at radius 2 is 1.85 bits per heavy atom.